The Hall–Kier alpha value is -1.13. The Morgan fingerprint density at radius 1 is 1.50 bits per heavy atom. The van der Waals surface area contributed by atoms with Crippen LogP contribution in [0.5, 0.6) is 0 Å². The van der Waals surface area contributed by atoms with Gasteiger partial charge in [0.25, 0.3) is 0 Å². The number of aliphatic hydroxyl groups is 2. The number of pyridine rings is 1. The molecule has 0 fully saturated rings. The van der Waals surface area contributed by atoms with E-state index in [9.17, 15) is 5.11 Å². The fourth-order valence-corrected chi connectivity index (χ4v) is 1.56. The van der Waals surface area contributed by atoms with Crippen molar-refractivity contribution in [3.63, 3.8) is 0 Å². The molecule has 0 amide bonds. The first kappa shape index (κ1) is 12.9. The summed E-state index contributed by atoms with van der Waals surface area (Å²) in [6.07, 6.45) is 1.96. The molecule has 90 valence electrons. The van der Waals surface area contributed by atoms with Gasteiger partial charge in [-0.3, -0.25) is 0 Å². The number of nitrogens with zero attached hydrogens (tertiary/aromatic N) is 2. The summed E-state index contributed by atoms with van der Waals surface area (Å²) < 4.78 is 0. The number of rotatable bonds is 6. The van der Waals surface area contributed by atoms with Gasteiger partial charge in [-0.1, -0.05) is 0 Å². The van der Waals surface area contributed by atoms with Crippen LogP contribution in [0.15, 0.2) is 18.3 Å². The van der Waals surface area contributed by atoms with E-state index in [0.717, 1.165) is 30.9 Å². The van der Waals surface area contributed by atoms with Crippen LogP contribution in [0.1, 0.15) is 31.9 Å². The normalized spacial score (nSPS) is 12.5. The highest BCUT2D eigenvalue weighted by atomic mass is 16.3. The summed E-state index contributed by atoms with van der Waals surface area (Å²) in [5, 5.41) is 18.3. The predicted molar refractivity (Wildman–Crippen MR) is 64.5 cm³/mol. The van der Waals surface area contributed by atoms with E-state index in [1.54, 1.807) is 13.1 Å². The molecule has 4 nitrogen and oxygen atoms in total. The summed E-state index contributed by atoms with van der Waals surface area (Å²) in [4.78, 5) is 6.36. The molecule has 4 heteroatoms. The van der Waals surface area contributed by atoms with Crippen LogP contribution in [0.3, 0.4) is 0 Å². The Morgan fingerprint density at radius 3 is 2.81 bits per heavy atom. The number of hydrogen-bond donors (Lipinski definition) is 2. The van der Waals surface area contributed by atoms with Crippen molar-refractivity contribution in [1.82, 2.24) is 4.98 Å². The van der Waals surface area contributed by atoms with Gasteiger partial charge in [-0.2, -0.15) is 0 Å². The SMILES string of the molecule is CCN(CCCO)c1cc([C@H](C)O)ccn1. The number of aliphatic hydroxyl groups excluding tert-OH is 2. The standard InChI is InChI=1S/C12H20N2O2/c1-3-14(7-4-8-15)12-9-11(10(2)16)5-6-13-12/h5-6,9-10,15-16H,3-4,7-8H2,1-2H3/t10-/m0/s1. The third-order valence-corrected chi connectivity index (χ3v) is 2.54. The van der Waals surface area contributed by atoms with Crippen molar-refractivity contribution in [2.45, 2.75) is 26.4 Å². The second-order valence-corrected chi connectivity index (χ2v) is 3.78. The molecule has 0 aliphatic heterocycles. The molecular formula is C12H20N2O2. The lowest BCUT2D eigenvalue weighted by Crippen LogP contribution is -2.25. The maximum absolute atomic E-state index is 9.49. The first-order valence-corrected chi connectivity index (χ1v) is 5.68. The number of hydrogen-bond acceptors (Lipinski definition) is 4. The predicted octanol–water partition coefficient (Wildman–Crippen LogP) is 1.34. The van der Waals surface area contributed by atoms with E-state index in [4.69, 9.17) is 5.11 Å². The van der Waals surface area contributed by atoms with Crippen LogP contribution in [0.25, 0.3) is 0 Å². The van der Waals surface area contributed by atoms with Gasteiger partial charge < -0.3 is 15.1 Å². The number of aromatic nitrogens is 1. The molecule has 0 aliphatic carbocycles. The second-order valence-electron chi connectivity index (χ2n) is 3.78. The Bertz CT molecular complexity index is 316. The Morgan fingerprint density at radius 2 is 2.25 bits per heavy atom. The van der Waals surface area contributed by atoms with Gasteiger partial charge in [0.15, 0.2) is 0 Å². The molecule has 1 heterocycles. The molecule has 0 aromatic carbocycles. The van der Waals surface area contributed by atoms with E-state index in [1.165, 1.54) is 0 Å². The van der Waals surface area contributed by atoms with Crippen molar-refractivity contribution in [3.8, 4) is 0 Å². The maximum atomic E-state index is 9.49. The summed E-state index contributed by atoms with van der Waals surface area (Å²) in [6, 6.07) is 3.71. The van der Waals surface area contributed by atoms with E-state index in [0.29, 0.717) is 0 Å². The van der Waals surface area contributed by atoms with Crippen LogP contribution >= 0.6 is 0 Å². The van der Waals surface area contributed by atoms with Gasteiger partial charge >= 0.3 is 0 Å². The summed E-state index contributed by atoms with van der Waals surface area (Å²) in [6.45, 7) is 5.60. The quantitative estimate of drug-likeness (QED) is 0.765. The van der Waals surface area contributed by atoms with Crippen LogP contribution < -0.4 is 4.90 Å². The molecule has 1 aromatic rings. The molecular weight excluding hydrogens is 204 g/mol. The zero-order chi connectivity index (χ0) is 12.0. The van der Waals surface area contributed by atoms with E-state index in [2.05, 4.69) is 9.88 Å². The number of anilines is 1. The average Bonchev–Trinajstić information content (AvgIpc) is 2.30. The highest BCUT2D eigenvalue weighted by Gasteiger charge is 2.08. The van der Waals surface area contributed by atoms with Crippen molar-refractivity contribution < 1.29 is 10.2 Å². The summed E-state index contributed by atoms with van der Waals surface area (Å²) in [7, 11) is 0. The molecule has 0 radical (unpaired) electrons. The third kappa shape index (κ3) is 3.47. The van der Waals surface area contributed by atoms with E-state index < -0.39 is 6.10 Å². The zero-order valence-corrected chi connectivity index (χ0v) is 9.93. The van der Waals surface area contributed by atoms with Crippen LogP contribution in [0.4, 0.5) is 5.82 Å². The minimum atomic E-state index is -0.474. The van der Waals surface area contributed by atoms with Crippen molar-refractivity contribution in [1.29, 1.82) is 0 Å². The molecule has 1 aromatic heterocycles. The summed E-state index contributed by atoms with van der Waals surface area (Å²) >= 11 is 0. The molecule has 0 saturated carbocycles. The molecule has 0 unspecified atom stereocenters. The first-order valence-electron chi connectivity index (χ1n) is 5.68. The van der Waals surface area contributed by atoms with Gasteiger partial charge in [0, 0.05) is 25.9 Å². The Labute approximate surface area is 96.6 Å². The van der Waals surface area contributed by atoms with Gasteiger partial charge in [-0.25, -0.2) is 4.98 Å². The van der Waals surface area contributed by atoms with Crippen molar-refractivity contribution >= 4 is 5.82 Å². The largest absolute Gasteiger partial charge is 0.396 e. The van der Waals surface area contributed by atoms with Gasteiger partial charge in [0.1, 0.15) is 5.82 Å². The van der Waals surface area contributed by atoms with Crippen LogP contribution in [-0.4, -0.2) is 34.9 Å². The van der Waals surface area contributed by atoms with Crippen molar-refractivity contribution in [2.24, 2.45) is 0 Å². The molecule has 0 aliphatic rings. The van der Waals surface area contributed by atoms with Crippen molar-refractivity contribution in [2.75, 3.05) is 24.6 Å². The van der Waals surface area contributed by atoms with Crippen LogP contribution in [0.2, 0.25) is 0 Å². The molecule has 0 bridgehead atoms. The zero-order valence-electron chi connectivity index (χ0n) is 9.93. The van der Waals surface area contributed by atoms with E-state index in [-0.39, 0.29) is 6.61 Å². The summed E-state index contributed by atoms with van der Waals surface area (Å²) in [5.74, 6) is 0.856. The second kappa shape index (κ2) is 6.45. The minimum absolute atomic E-state index is 0.187. The molecule has 1 atom stereocenters. The van der Waals surface area contributed by atoms with Crippen LogP contribution in [-0.2, 0) is 0 Å². The Kier molecular flexibility index (Phi) is 5.22. The highest BCUT2D eigenvalue weighted by Crippen LogP contribution is 2.17. The lowest BCUT2D eigenvalue weighted by molar-refractivity contribution is 0.199. The fraction of sp³-hybridized carbons (Fsp3) is 0.583. The Balaban J connectivity index is 2.79. The molecule has 1 rings (SSSR count). The fourth-order valence-electron chi connectivity index (χ4n) is 1.56. The van der Waals surface area contributed by atoms with E-state index >= 15 is 0 Å². The first-order chi connectivity index (χ1) is 7.69. The molecule has 0 saturated heterocycles. The molecule has 0 spiro atoms. The van der Waals surface area contributed by atoms with Crippen molar-refractivity contribution in [3.05, 3.63) is 23.9 Å². The van der Waals surface area contributed by atoms with Gasteiger partial charge in [0.05, 0.1) is 6.10 Å². The lowest BCUT2D eigenvalue weighted by Gasteiger charge is -2.22. The monoisotopic (exact) mass is 224 g/mol. The summed E-state index contributed by atoms with van der Waals surface area (Å²) in [5.41, 5.74) is 0.868. The van der Waals surface area contributed by atoms with Crippen LogP contribution in [0, 0.1) is 0 Å². The maximum Gasteiger partial charge on any atom is 0.128 e. The molecule has 2 N–H and O–H groups in total. The van der Waals surface area contributed by atoms with E-state index in [1.807, 2.05) is 19.1 Å². The van der Waals surface area contributed by atoms with Gasteiger partial charge in [0.2, 0.25) is 0 Å². The third-order valence-electron chi connectivity index (χ3n) is 2.54. The highest BCUT2D eigenvalue weighted by molar-refractivity contribution is 5.41. The molecule has 16 heavy (non-hydrogen) atoms. The lowest BCUT2D eigenvalue weighted by atomic mass is 10.1. The van der Waals surface area contributed by atoms with Gasteiger partial charge in [-0.05, 0) is 38.0 Å². The van der Waals surface area contributed by atoms with Gasteiger partial charge in [-0.15, -0.1) is 0 Å². The topological polar surface area (TPSA) is 56.6 Å². The smallest absolute Gasteiger partial charge is 0.128 e. The average molecular weight is 224 g/mol. The minimum Gasteiger partial charge on any atom is -0.396 e.